The van der Waals surface area contributed by atoms with E-state index in [1.807, 2.05) is 6.08 Å². The van der Waals surface area contributed by atoms with E-state index in [4.69, 9.17) is 10.00 Å². The molecule has 2 aliphatic carbocycles. The van der Waals surface area contributed by atoms with Crippen molar-refractivity contribution in [2.75, 3.05) is 6.61 Å². The van der Waals surface area contributed by atoms with Gasteiger partial charge in [0.25, 0.3) is 0 Å². The van der Waals surface area contributed by atoms with Gasteiger partial charge in [-0.05, 0) is 112 Å². The molecule has 0 spiro atoms. The molecule has 180 valence electrons. The number of unbranched alkanes of at least 4 members (excludes halogenated alkanes) is 1. The van der Waals surface area contributed by atoms with Crippen molar-refractivity contribution in [2.24, 2.45) is 11.8 Å². The largest absolute Gasteiger partial charge is 0.378 e. The first-order valence-corrected chi connectivity index (χ1v) is 13.3. The Kier molecular flexibility index (Phi) is 11.2. The van der Waals surface area contributed by atoms with E-state index in [0.29, 0.717) is 6.10 Å². The smallest absolute Gasteiger partial charge is 0.199 e. The molecule has 0 aromatic heterocycles. The quantitative estimate of drug-likeness (QED) is 0.249. The molecule has 2 nitrogen and oxygen atoms in total. The summed E-state index contributed by atoms with van der Waals surface area (Å²) in [6.07, 6.45) is 21.2. The Hall–Kier alpha value is -1.92. The average molecular weight is 452 g/mol. The standard InChI is InChI=1S/C30H42FNO/c1-2-3-7-24-10-16-27(17-11-24)28-18-12-26(13-19-28)23-33-30-20-14-25(15-21-30)8-5-4-6-9-29(31)22-32/h4,6,9-11,16-17,25-26,28,30H,2-3,5,7-8,12-15,18-21,23H2,1H3/b6-4+,29-9-. The first-order chi connectivity index (χ1) is 16.2. The fraction of sp³-hybridized carbons (Fsp3) is 0.633. The average Bonchev–Trinajstić information content (AvgIpc) is 2.87. The third-order valence-corrected chi connectivity index (χ3v) is 7.71. The van der Waals surface area contributed by atoms with E-state index in [9.17, 15) is 4.39 Å². The Morgan fingerprint density at radius 2 is 1.73 bits per heavy atom. The number of halogens is 1. The van der Waals surface area contributed by atoms with Crippen LogP contribution in [0.25, 0.3) is 0 Å². The normalized spacial score (nSPS) is 26.4. The van der Waals surface area contributed by atoms with Crippen molar-refractivity contribution in [2.45, 2.75) is 102 Å². The first-order valence-electron chi connectivity index (χ1n) is 13.3. The maximum absolute atomic E-state index is 12.7. The van der Waals surface area contributed by atoms with Crippen LogP contribution in [-0.4, -0.2) is 12.7 Å². The van der Waals surface area contributed by atoms with Gasteiger partial charge in [0, 0.05) is 6.61 Å². The van der Waals surface area contributed by atoms with Crippen molar-refractivity contribution in [1.29, 1.82) is 5.26 Å². The highest BCUT2D eigenvalue weighted by Crippen LogP contribution is 2.37. The highest BCUT2D eigenvalue weighted by molar-refractivity contribution is 5.26. The van der Waals surface area contributed by atoms with E-state index < -0.39 is 5.83 Å². The Balaban J connectivity index is 1.27. The molecule has 0 atom stereocenters. The minimum absolute atomic E-state index is 0.442. The van der Waals surface area contributed by atoms with Crippen molar-refractivity contribution in [3.8, 4) is 6.07 Å². The highest BCUT2D eigenvalue weighted by Gasteiger charge is 2.25. The summed E-state index contributed by atoms with van der Waals surface area (Å²) in [6, 6.07) is 10.9. The zero-order chi connectivity index (χ0) is 23.3. The molecule has 0 heterocycles. The van der Waals surface area contributed by atoms with Crippen LogP contribution < -0.4 is 0 Å². The number of ether oxygens (including phenoxy) is 1. The molecule has 0 amide bonds. The summed E-state index contributed by atoms with van der Waals surface area (Å²) in [5.41, 5.74) is 3.02. The molecule has 3 rings (SSSR count). The second-order valence-electron chi connectivity index (χ2n) is 10.2. The Bertz CT molecular complexity index is 775. The van der Waals surface area contributed by atoms with Crippen molar-refractivity contribution in [3.63, 3.8) is 0 Å². The van der Waals surface area contributed by atoms with Gasteiger partial charge in [0.05, 0.1) is 6.10 Å². The van der Waals surface area contributed by atoms with Gasteiger partial charge in [-0.3, -0.25) is 0 Å². The summed E-state index contributed by atoms with van der Waals surface area (Å²) in [6.45, 7) is 3.20. The first kappa shape index (κ1) is 25.7. The van der Waals surface area contributed by atoms with Gasteiger partial charge in [-0.1, -0.05) is 49.8 Å². The Morgan fingerprint density at radius 1 is 1.03 bits per heavy atom. The van der Waals surface area contributed by atoms with Crippen molar-refractivity contribution < 1.29 is 9.13 Å². The molecule has 33 heavy (non-hydrogen) atoms. The lowest BCUT2D eigenvalue weighted by molar-refractivity contribution is -0.00824. The maximum atomic E-state index is 12.7. The molecule has 3 heteroatoms. The molecule has 0 bridgehead atoms. The van der Waals surface area contributed by atoms with Gasteiger partial charge < -0.3 is 4.74 Å². The van der Waals surface area contributed by atoms with Crippen molar-refractivity contribution >= 4 is 0 Å². The summed E-state index contributed by atoms with van der Waals surface area (Å²) < 4.78 is 19.1. The lowest BCUT2D eigenvalue weighted by Gasteiger charge is -2.32. The molecular weight excluding hydrogens is 409 g/mol. The molecule has 1 aromatic rings. The van der Waals surface area contributed by atoms with Crippen molar-refractivity contribution in [1.82, 2.24) is 0 Å². The maximum Gasteiger partial charge on any atom is 0.199 e. The fourth-order valence-electron chi connectivity index (χ4n) is 5.48. The summed E-state index contributed by atoms with van der Waals surface area (Å²) in [5, 5.41) is 8.40. The molecule has 0 aliphatic heterocycles. The minimum atomic E-state index is -0.728. The number of benzene rings is 1. The monoisotopic (exact) mass is 451 g/mol. The molecular formula is C30H42FNO. The van der Waals surface area contributed by atoms with E-state index in [-0.39, 0.29) is 0 Å². The molecule has 0 unspecified atom stereocenters. The van der Waals surface area contributed by atoms with E-state index in [1.165, 1.54) is 93.9 Å². The van der Waals surface area contributed by atoms with Gasteiger partial charge in [-0.15, -0.1) is 0 Å². The number of rotatable bonds is 11. The summed E-state index contributed by atoms with van der Waals surface area (Å²) in [4.78, 5) is 0. The van der Waals surface area contributed by atoms with Crippen molar-refractivity contribution in [3.05, 3.63) is 59.4 Å². The van der Waals surface area contributed by atoms with Crippen LogP contribution in [0.3, 0.4) is 0 Å². The van der Waals surface area contributed by atoms with Crippen LogP contribution in [-0.2, 0) is 11.2 Å². The summed E-state index contributed by atoms with van der Waals surface area (Å²) in [5.74, 6) is 1.49. The van der Waals surface area contributed by atoms with E-state index in [2.05, 4.69) is 31.2 Å². The predicted molar refractivity (Wildman–Crippen MR) is 135 cm³/mol. The Morgan fingerprint density at radius 3 is 2.39 bits per heavy atom. The van der Waals surface area contributed by atoms with Gasteiger partial charge in [0.1, 0.15) is 6.07 Å². The van der Waals surface area contributed by atoms with Gasteiger partial charge in [-0.25, -0.2) is 0 Å². The predicted octanol–water partition coefficient (Wildman–Crippen LogP) is 8.59. The number of hydrogen-bond donors (Lipinski definition) is 0. The Labute approximate surface area is 200 Å². The van der Waals surface area contributed by atoms with Crippen LogP contribution in [0, 0.1) is 23.2 Å². The topological polar surface area (TPSA) is 33.0 Å². The van der Waals surface area contributed by atoms with Crippen LogP contribution in [0.4, 0.5) is 4.39 Å². The second kappa shape index (κ2) is 14.4. The highest BCUT2D eigenvalue weighted by atomic mass is 19.1. The summed E-state index contributed by atoms with van der Waals surface area (Å²) in [7, 11) is 0. The number of nitrogens with zero attached hydrogens (tertiary/aromatic N) is 1. The minimum Gasteiger partial charge on any atom is -0.378 e. The lowest BCUT2D eigenvalue weighted by Crippen LogP contribution is -2.25. The second-order valence-corrected chi connectivity index (χ2v) is 10.2. The van der Waals surface area contributed by atoms with Gasteiger partial charge >= 0.3 is 0 Å². The van der Waals surface area contributed by atoms with E-state index >= 15 is 0 Å². The summed E-state index contributed by atoms with van der Waals surface area (Å²) >= 11 is 0. The lowest BCUT2D eigenvalue weighted by atomic mass is 9.78. The SMILES string of the molecule is CCCCc1ccc(C2CCC(COC3CCC(CC/C=C/C=C(\F)C#N)CC3)CC2)cc1. The third kappa shape index (κ3) is 9.09. The van der Waals surface area contributed by atoms with Gasteiger partial charge in [-0.2, -0.15) is 9.65 Å². The van der Waals surface area contributed by atoms with Gasteiger partial charge in [0.15, 0.2) is 5.83 Å². The molecule has 2 saturated carbocycles. The van der Waals surface area contributed by atoms with Crippen LogP contribution in [0.2, 0.25) is 0 Å². The van der Waals surface area contributed by atoms with Crippen LogP contribution in [0.5, 0.6) is 0 Å². The van der Waals surface area contributed by atoms with Crippen LogP contribution in [0.1, 0.15) is 101 Å². The molecule has 2 aliphatic rings. The van der Waals surface area contributed by atoms with Crippen LogP contribution in [0.15, 0.2) is 48.3 Å². The molecule has 0 radical (unpaired) electrons. The zero-order valence-corrected chi connectivity index (χ0v) is 20.5. The third-order valence-electron chi connectivity index (χ3n) is 7.71. The number of allylic oxidation sites excluding steroid dienone is 4. The number of hydrogen-bond acceptors (Lipinski definition) is 2. The molecule has 0 saturated heterocycles. The number of aryl methyl sites for hydroxylation is 1. The molecule has 1 aromatic carbocycles. The number of nitriles is 1. The zero-order valence-electron chi connectivity index (χ0n) is 20.5. The van der Waals surface area contributed by atoms with Crippen LogP contribution >= 0.6 is 0 Å². The molecule has 2 fully saturated rings. The van der Waals surface area contributed by atoms with E-state index in [1.54, 1.807) is 6.08 Å². The molecule has 0 N–H and O–H groups in total. The fourth-order valence-corrected chi connectivity index (χ4v) is 5.48. The van der Waals surface area contributed by atoms with Gasteiger partial charge in [0.2, 0.25) is 0 Å². The van der Waals surface area contributed by atoms with E-state index in [0.717, 1.165) is 37.2 Å².